The molecule has 0 saturated heterocycles. The SMILES string of the molecule is C#CC(Nc1ncnc2c(Br)c(=O)n(C3(C)CC3)cc12)c1cccc(C(C)(F)F)c1F. The molecule has 1 fully saturated rings. The first kappa shape index (κ1) is 21.4. The zero-order chi connectivity index (χ0) is 22.6. The molecule has 2 aromatic heterocycles. The fraction of sp³-hybridized carbons (Fsp3) is 0.318. The Labute approximate surface area is 184 Å². The summed E-state index contributed by atoms with van der Waals surface area (Å²) < 4.78 is 44.3. The second kappa shape index (κ2) is 7.38. The highest BCUT2D eigenvalue weighted by atomic mass is 79.9. The van der Waals surface area contributed by atoms with Crippen molar-refractivity contribution in [2.24, 2.45) is 0 Å². The van der Waals surface area contributed by atoms with Crippen LogP contribution in [0.3, 0.4) is 0 Å². The fourth-order valence-corrected chi connectivity index (χ4v) is 3.99. The number of terminal acetylenes is 1. The van der Waals surface area contributed by atoms with Crippen molar-refractivity contribution in [1.29, 1.82) is 0 Å². The molecule has 160 valence electrons. The lowest BCUT2D eigenvalue weighted by Crippen LogP contribution is -2.28. The number of hydrogen-bond donors (Lipinski definition) is 1. The average Bonchev–Trinajstić information content (AvgIpc) is 3.46. The van der Waals surface area contributed by atoms with E-state index in [1.54, 1.807) is 10.8 Å². The minimum atomic E-state index is -3.36. The van der Waals surface area contributed by atoms with Gasteiger partial charge in [-0.3, -0.25) is 4.79 Å². The number of nitrogens with one attached hydrogen (secondary N) is 1. The molecule has 1 aliphatic carbocycles. The van der Waals surface area contributed by atoms with Crippen molar-refractivity contribution >= 4 is 32.7 Å². The van der Waals surface area contributed by atoms with Crippen molar-refractivity contribution in [2.75, 3.05) is 5.32 Å². The predicted molar refractivity (Wildman–Crippen MR) is 116 cm³/mol. The van der Waals surface area contributed by atoms with E-state index in [0.29, 0.717) is 17.8 Å². The van der Waals surface area contributed by atoms with Crippen LogP contribution in [0.1, 0.15) is 43.9 Å². The van der Waals surface area contributed by atoms with Crippen molar-refractivity contribution in [3.63, 3.8) is 0 Å². The van der Waals surface area contributed by atoms with Gasteiger partial charge in [0.25, 0.3) is 11.5 Å². The third-order valence-corrected chi connectivity index (χ3v) is 6.29. The Bertz CT molecular complexity index is 1290. The number of halogens is 4. The third-order valence-electron chi connectivity index (χ3n) is 5.57. The normalized spacial score (nSPS) is 16.0. The zero-order valence-corrected chi connectivity index (χ0v) is 18.3. The summed E-state index contributed by atoms with van der Waals surface area (Å²) in [5, 5.41) is 3.44. The Morgan fingerprint density at radius 1 is 1.35 bits per heavy atom. The molecule has 9 heteroatoms. The monoisotopic (exact) mass is 490 g/mol. The van der Waals surface area contributed by atoms with Crippen LogP contribution in [0.5, 0.6) is 0 Å². The van der Waals surface area contributed by atoms with Crippen molar-refractivity contribution in [3.05, 3.63) is 62.5 Å². The van der Waals surface area contributed by atoms with Gasteiger partial charge < -0.3 is 9.88 Å². The summed E-state index contributed by atoms with van der Waals surface area (Å²) in [6.45, 7) is 2.60. The van der Waals surface area contributed by atoms with Gasteiger partial charge in [0, 0.05) is 24.2 Å². The highest BCUT2D eigenvalue weighted by Gasteiger charge is 2.40. The van der Waals surface area contributed by atoms with Gasteiger partial charge in [-0.15, -0.1) is 6.42 Å². The van der Waals surface area contributed by atoms with Crippen LogP contribution in [0.15, 0.2) is 40.0 Å². The summed E-state index contributed by atoms with van der Waals surface area (Å²) in [5.74, 6) is -1.77. The first-order valence-electron chi connectivity index (χ1n) is 9.52. The van der Waals surface area contributed by atoms with Gasteiger partial charge in [-0.1, -0.05) is 24.1 Å². The Morgan fingerprint density at radius 2 is 2.06 bits per heavy atom. The van der Waals surface area contributed by atoms with E-state index in [1.165, 1.54) is 18.5 Å². The first-order valence-corrected chi connectivity index (χ1v) is 10.3. The molecule has 0 amide bonds. The molecule has 3 aromatic rings. The molecular formula is C22H18BrF3N4O. The van der Waals surface area contributed by atoms with Gasteiger partial charge in [-0.2, -0.15) is 0 Å². The number of pyridine rings is 1. The fourth-order valence-electron chi connectivity index (χ4n) is 3.48. The van der Waals surface area contributed by atoms with E-state index in [2.05, 4.69) is 37.1 Å². The molecular weight excluding hydrogens is 473 g/mol. The van der Waals surface area contributed by atoms with Gasteiger partial charge in [0.1, 0.15) is 28.5 Å². The number of nitrogens with zero attached hydrogens (tertiary/aromatic N) is 3. The van der Waals surface area contributed by atoms with Gasteiger partial charge in [-0.25, -0.2) is 23.1 Å². The smallest absolute Gasteiger partial charge is 0.273 e. The van der Waals surface area contributed by atoms with Crippen LogP contribution in [-0.4, -0.2) is 14.5 Å². The van der Waals surface area contributed by atoms with Crippen molar-refractivity contribution < 1.29 is 13.2 Å². The molecule has 0 radical (unpaired) electrons. The lowest BCUT2D eigenvalue weighted by atomic mass is 10.00. The molecule has 1 saturated carbocycles. The summed E-state index contributed by atoms with van der Waals surface area (Å²) in [5.41, 5.74) is -0.977. The van der Waals surface area contributed by atoms with Gasteiger partial charge in [0.15, 0.2) is 0 Å². The molecule has 1 aliphatic rings. The van der Waals surface area contributed by atoms with Crippen molar-refractivity contribution in [2.45, 2.75) is 44.2 Å². The molecule has 4 rings (SSSR count). The summed E-state index contributed by atoms with van der Waals surface area (Å²) in [4.78, 5) is 21.1. The Hall–Kier alpha value is -2.86. The molecule has 5 nitrogen and oxygen atoms in total. The molecule has 0 bridgehead atoms. The van der Waals surface area contributed by atoms with Crippen LogP contribution in [0.2, 0.25) is 0 Å². The second-order valence-electron chi connectivity index (χ2n) is 7.94. The van der Waals surface area contributed by atoms with E-state index in [9.17, 15) is 18.0 Å². The van der Waals surface area contributed by atoms with E-state index in [-0.39, 0.29) is 27.0 Å². The Kier molecular flexibility index (Phi) is 5.09. The second-order valence-corrected chi connectivity index (χ2v) is 8.73. The van der Waals surface area contributed by atoms with Crippen LogP contribution in [-0.2, 0) is 11.5 Å². The van der Waals surface area contributed by atoms with E-state index in [4.69, 9.17) is 6.42 Å². The van der Waals surface area contributed by atoms with E-state index in [0.717, 1.165) is 18.9 Å². The van der Waals surface area contributed by atoms with Crippen LogP contribution in [0, 0.1) is 18.2 Å². The van der Waals surface area contributed by atoms with E-state index >= 15 is 0 Å². The number of aromatic nitrogens is 3. The quantitative estimate of drug-likeness (QED) is 0.505. The standard InChI is InChI=1S/C22H18BrF3N4O/c1-4-15(12-6-5-7-14(17(12)24)22(3,25)26)29-19-13-10-30(21(2)8-9-21)20(31)16(23)18(13)27-11-28-19/h1,5-7,10-11,15H,8-9H2,2-3H3,(H,27,28,29). The number of alkyl halides is 2. The maximum Gasteiger partial charge on any atom is 0.273 e. The first-order chi connectivity index (χ1) is 14.6. The molecule has 31 heavy (non-hydrogen) atoms. The lowest BCUT2D eigenvalue weighted by molar-refractivity contribution is 0.0136. The number of benzene rings is 1. The molecule has 0 aliphatic heterocycles. The number of rotatable bonds is 5. The van der Waals surface area contributed by atoms with Crippen molar-refractivity contribution in [3.8, 4) is 12.3 Å². The summed E-state index contributed by atoms with van der Waals surface area (Å²) >= 11 is 3.32. The molecule has 1 unspecified atom stereocenters. The topological polar surface area (TPSA) is 59.8 Å². The molecule has 1 N–H and O–H groups in total. The number of hydrogen-bond acceptors (Lipinski definition) is 4. The third kappa shape index (κ3) is 3.69. The van der Waals surface area contributed by atoms with Crippen LogP contribution in [0.25, 0.3) is 10.9 Å². The minimum Gasteiger partial charge on any atom is -0.352 e. The zero-order valence-electron chi connectivity index (χ0n) is 16.7. The van der Waals surface area contributed by atoms with E-state index < -0.39 is 23.3 Å². The van der Waals surface area contributed by atoms with Gasteiger partial charge >= 0.3 is 0 Å². The molecule has 1 aromatic carbocycles. The Morgan fingerprint density at radius 3 is 2.68 bits per heavy atom. The largest absolute Gasteiger partial charge is 0.352 e. The summed E-state index contributed by atoms with van der Waals surface area (Å²) in [6, 6.07) is 2.63. The molecule has 0 spiro atoms. The summed E-state index contributed by atoms with van der Waals surface area (Å²) in [7, 11) is 0. The Balaban J connectivity index is 1.83. The van der Waals surface area contributed by atoms with Crippen LogP contribution in [0.4, 0.5) is 19.0 Å². The van der Waals surface area contributed by atoms with Gasteiger partial charge in [0.2, 0.25) is 0 Å². The maximum atomic E-state index is 14.9. The summed E-state index contributed by atoms with van der Waals surface area (Å²) in [6.07, 6.45) is 10.2. The molecule has 1 atom stereocenters. The van der Waals surface area contributed by atoms with Crippen LogP contribution < -0.4 is 10.9 Å². The number of anilines is 1. The van der Waals surface area contributed by atoms with Crippen molar-refractivity contribution in [1.82, 2.24) is 14.5 Å². The highest BCUT2D eigenvalue weighted by Crippen LogP contribution is 2.43. The maximum absolute atomic E-state index is 14.9. The highest BCUT2D eigenvalue weighted by molar-refractivity contribution is 9.10. The van der Waals surface area contributed by atoms with Gasteiger partial charge in [0.05, 0.1) is 16.5 Å². The average molecular weight is 491 g/mol. The number of fused-ring (bicyclic) bond motifs is 1. The van der Waals surface area contributed by atoms with Gasteiger partial charge in [-0.05, 0) is 35.7 Å². The molecule has 2 heterocycles. The van der Waals surface area contributed by atoms with Crippen LogP contribution >= 0.6 is 15.9 Å². The predicted octanol–water partition coefficient (Wildman–Crippen LogP) is 5.10. The lowest BCUT2D eigenvalue weighted by Gasteiger charge is -2.20. The minimum absolute atomic E-state index is 0.102. The van der Waals surface area contributed by atoms with E-state index in [1.807, 2.05) is 6.92 Å².